The Hall–Kier alpha value is -1.56. The van der Waals surface area contributed by atoms with Crippen molar-refractivity contribution >= 4 is 28.9 Å². The summed E-state index contributed by atoms with van der Waals surface area (Å²) in [4.78, 5) is 15.5. The molecular weight excluding hydrogens is 322 g/mol. The molecule has 22 heavy (non-hydrogen) atoms. The lowest BCUT2D eigenvalue weighted by Gasteiger charge is -2.33. The van der Waals surface area contributed by atoms with Crippen molar-refractivity contribution in [3.63, 3.8) is 0 Å². The van der Waals surface area contributed by atoms with Crippen LogP contribution in [0, 0.1) is 0 Å². The van der Waals surface area contributed by atoms with Crippen molar-refractivity contribution in [3.8, 4) is 5.06 Å². The van der Waals surface area contributed by atoms with E-state index in [1.165, 1.54) is 11.3 Å². The topological polar surface area (TPSA) is 49.8 Å². The average Bonchev–Trinajstić information content (AvgIpc) is 2.87. The zero-order chi connectivity index (χ0) is 18.2. The van der Waals surface area contributed by atoms with Crippen molar-refractivity contribution in [3.05, 3.63) is 51.4 Å². The fourth-order valence-corrected chi connectivity index (χ4v) is 3.93. The number of nitrogens with zero attached hydrogens (tertiary/aromatic N) is 1. The fourth-order valence-electron chi connectivity index (χ4n) is 2.78. The van der Waals surface area contributed by atoms with Crippen LogP contribution >= 0.6 is 22.9 Å². The molecule has 1 atom stereocenters. The normalized spacial score (nSPS) is 18.7. The molecule has 6 heteroatoms. The molecule has 1 N–H and O–H groups in total. The number of aromatic hydroxyl groups is 1. The van der Waals surface area contributed by atoms with Gasteiger partial charge in [-0.3, -0.25) is 4.90 Å². The molecule has 1 aliphatic heterocycles. The Labute approximate surface area is 142 Å². The zero-order valence-electron chi connectivity index (χ0n) is 14.6. The summed E-state index contributed by atoms with van der Waals surface area (Å²) < 4.78 is 26.3. The number of hydrogen-bond acceptors (Lipinski definition) is 5. The number of methoxy groups -OCH3 is 1. The van der Waals surface area contributed by atoms with Gasteiger partial charge < -0.3 is 9.84 Å². The first-order valence-electron chi connectivity index (χ1n) is 8.26. The summed E-state index contributed by atoms with van der Waals surface area (Å²) in [6, 6.07) is 7.56. The van der Waals surface area contributed by atoms with Crippen LogP contribution in [0.15, 0.2) is 30.3 Å². The SMILES string of the molecule is [2H]C([2H])([2H])OC(=O)[C@H](c1ccccc1Cl)N1CCc2sc(O)cc2C1. The Kier molecular flexibility index (Phi) is 3.41. The molecule has 4 nitrogen and oxygen atoms in total. The van der Waals surface area contributed by atoms with Gasteiger partial charge in [-0.15, -0.1) is 11.3 Å². The number of rotatable bonds is 3. The molecule has 0 aliphatic carbocycles. The summed E-state index contributed by atoms with van der Waals surface area (Å²) in [7, 11) is -2.82. The number of ether oxygens (including phenoxy) is 1. The van der Waals surface area contributed by atoms with Crippen molar-refractivity contribution in [2.75, 3.05) is 13.6 Å². The Balaban J connectivity index is 1.94. The number of hydrogen-bond donors (Lipinski definition) is 1. The molecule has 116 valence electrons. The minimum Gasteiger partial charge on any atom is -0.499 e. The van der Waals surface area contributed by atoms with Crippen molar-refractivity contribution in [1.29, 1.82) is 0 Å². The monoisotopic (exact) mass is 340 g/mol. The average molecular weight is 341 g/mol. The van der Waals surface area contributed by atoms with Gasteiger partial charge in [-0.1, -0.05) is 29.8 Å². The van der Waals surface area contributed by atoms with Crippen LogP contribution in [0.25, 0.3) is 0 Å². The number of carbonyl (C=O) groups is 1. The maximum absolute atomic E-state index is 12.6. The first kappa shape index (κ1) is 11.9. The number of halogens is 1. The molecule has 3 rings (SSSR count). The summed E-state index contributed by atoms with van der Waals surface area (Å²) in [5.41, 5.74) is 1.42. The van der Waals surface area contributed by atoms with Crippen molar-refractivity contribution in [2.24, 2.45) is 0 Å². The summed E-state index contributed by atoms with van der Waals surface area (Å²) in [6.45, 7) is 0.928. The second kappa shape index (κ2) is 6.28. The number of thiophene rings is 1. The highest BCUT2D eigenvalue weighted by Crippen LogP contribution is 2.37. The van der Waals surface area contributed by atoms with Crippen molar-refractivity contribution in [1.82, 2.24) is 4.90 Å². The van der Waals surface area contributed by atoms with Crippen LogP contribution < -0.4 is 0 Å². The highest BCUT2D eigenvalue weighted by Gasteiger charge is 2.33. The van der Waals surface area contributed by atoms with E-state index in [1.807, 2.05) is 4.90 Å². The summed E-state index contributed by atoms with van der Waals surface area (Å²) in [5, 5.41) is 10.3. The highest BCUT2D eigenvalue weighted by atomic mass is 35.5. The Morgan fingerprint density at radius 3 is 3.14 bits per heavy atom. The van der Waals surface area contributed by atoms with E-state index >= 15 is 0 Å². The third-order valence-electron chi connectivity index (χ3n) is 3.77. The lowest BCUT2D eigenvalue weighted by atomic mass is 10.0. The molecule has 0 unspecified atom stereocenters. The molecule has 0 amide bonds. The van der Waals surface area contributed by atoms with Crippen molar-refractivity contribution < 1.29 is 18.8 Å². The molecule has 1 aromatic carbocycles. The highest BCUT2D eigenvalue weighted by molar-refractivity contribution is 7.13. The third-order valence-corrected chi connectivity index (χ3v) is 5.16. The first-order valence-corrected chi connectivity index (χ1v) is 7.96. The fraction of sp³-hybridized carbons (Fsp3) is 0.312. The first-order chi connectivity index (χ1) is 11.7. The van der Waals surface area contributed by atoms with Gasteiger partial charge in [-0.05, 0) is 29.7 Å². The Bertz CT molecular complexity index is 793. The number of fused-ring (bicyclic) bond motifs is 1. The molecule has 0 radical (unpaired) electrons. The number of esters is 1. The maximum atomic E-state index is 12.6. The van der Waals surface area contributed by atoms with Gasteiger partial charge in [-0.25, -0.2) is 4.79 Å². The van der Waals surface area contributed by atoms with Crippen LogP contribution in [0.5, 0.6) is 5.06 Å². The van der Waals surface area contributed by atoms with E-state index in [0.29, 0.717) is 30.1 Å². The van der Waals surface area contributed by atoms with Gasteiger partial charge in [0.05, 0.1) is 11.2 Å². The number of carbonyl (C=O) groups excluding carboxylic acids is 1. The second-order valence-electron chi connectivity index (χ2n) is 5.10. The summed E-state index contributed by atoms with van der Waals surface area (Å²) in [6.07, 6.45) is 0.655. The standard InChI is InChI=1S/C16H16ClNO3S/c1-21-16(20)15(11-4-2-3-5-12(11)17)18-7-6-13-10(9-18)8-14(19)22-13/h2-5,8,15,19H,6-7,9H2,1H3/t15-/m0/s1/i1D3. The zero-order valence-corrected chi connectivity index (χ0v) is 13.2. The van der Waals surface area contributed by atoms with E-state index in [9.17, 15) is 9.90 Å². The van der Waals surface area contributed by atoms with Gasteiger partial charge in [0.25, 0.3) is 0 Å². The maximum Gasteiger partial charge on any atom is 0.327 e. The lowest BCUT2D eigenvalue weighted by molar-refractivity contribution is -0.147. The van der Waals surface area contributed by atoms with Crippen LogP contribution in [-0.2, 0) is 22.5 Å². The van der Waals surface area contributed by atoms with E-state index in [2.05, 4.69) is 4.74 Å². The molecule has 0 fully saturated rings. The smallest absolute Gasteiger partial charge is 0.327 e. The van der Waals surface area contributed by atoms with E-state index in [4.69, 9.17) is 15.7 Å². The minimum absolute atomic E-state index is 0.228. The molecule has 0 bridgehead atoms. The third kappa shape index (κ3) is 2.84. The molecule has 0 saturated carbocycles. The molecule has 0 spiro atoms. The van der Waals surface area contributed by atoms with E-state index in [0.717, 1.165) is 10.4 Å². The van der Waals surface area contributed by atoms with Gasteiger partial charge in [0, 0.05) is 23.0 Å². The quantitative estimate of drug-likeness (QED) is 0.870. The van der Waals surface area contributed by atoms with Gasteiger partial charge in [0.2, 0.25) is 0 Å². The van der Waals surface area contributed by atoms with Crippen molar-refractivity contribution in [2.45, 2.75) is 19.0 Å². The molecular formula is C16H16ClNO3S. The van der Waals surface area contributed by atoms with Crippen LogP contribution in [0.3, 0.4) is 0 Å². The number of benzene rings is 1. The van der Waals surface area contributed by atoms with E-state index in [-0.39, 0.29) is 5.06 Å². The largest absolute Gasteiger partial charge is 0.499 e. The lowest BCUT2D eigenvalue weighted by Crippen LogP contribution is -2.38. The second-order valence-corrected chi connectivity index (χ2v) is 6.62. The van der Waals surface area contributed by atoms with Crippen LogP contribution in [0.1, 0.15) is 26.2 Å². The van der Waals surface area contributed by atoms with Crippen LogP contribution in [-0.4, -0.2) is 29.6 Å². The predicted molar refractivity (Wildman–Crippen MR) is 86.3 cm³/mol. The van der Waals surface area contributed by atoms with E-state index < -0.39 is 19.0 Å². The Morgan fingerprint density at radius 2 is 2.36 bits per heavy atom. The summed E-state index contributed by atoms with van der Waals surface area (Å²) in [5.74, 6) is -0.865. The van der Waals surface area contributed by atoms with Gasteiger partial charge in [0.15, 0.2) is 5.06 Å². The Morgan fingerprint density at radius 1 is 1.55 bits per heavy atom. The van der Waals surface area contributed by atoms with E-state index in [1.54, 1.807) is 30.3 Å². The molecule has 1 aromatic heterocycles. The molecule has 0 saturated heterocycles. The van der Waals surface area contributed by atoms with Gasteiger partial charge in [0.1, 0.15) is 6.04 Å². The van der Waals surface area contributed by atoms with Crippen LogP contribution in [0.2, 0.25) is 5.02 Å². The molecule has 2 heterocycles. The van der Waals surface area contributed by atoms with Crippen LogP contribution in [0.4, 0.5) is 0 Å². The van der Waals surface area contributed by atoms with Gasteiger partial charge in [-0.2, -0.15) is 0 Å². The predicted octanol–water partition coefficient (Wildman–Crippen LogP) is 3.38. The molecule has 2 aromatic rings. The minimum atomic E-state index is -2.82. The van der Waals surface area contributed by atoms with Gasteiger partial charge >= 0.3 is 5.97 Å². The summed E-state index contributed by atoms with van der Waals surface area (Å²) >= 11 is 7.56. The molecule has 1 aliphatic rings.